The number of nitrogens with zero attached hydrogens (tertiary/aromatic N) is 3. The first-order valence-corrected chi connectivity index (χ1v) is 8.73. The van der Waals surface area contributed by atoms with Crippen LogP contribution >= 0.6 is 0 Å². The molecule has 0 aliphatic carbocycles. The van der Waals surface area contributed by atoms with Crippen LogP contribution in [0.4, 0.5) is 5.82 Å². The third-order valence-corrected chi connectivity index (χ3v) is 5.31. The molecule has 0 saturated carbocycles. The molecule has 2 aromatic rings. The Morgan fingerprint density at radius 2 is 2.21 bits per heavy atom. The second-order valence-electron chi connectivity index (χ2n) is 6.96. The summed E-state index contributed by atoms with van der Waals surface area (Å²) in [6.45, 7) is 4.20. The van der Waals surface area contributed by atoms with Gasteiger partial charge in [-0.15, -0.1) is 0 Å². The normalized spacial score (nSPS) is 23.5. The third kappa shape index (κ3) is 2.86. The molecule has 1 amide bonds. The van der Waals surface area contributed by atoms with E-state index in [1.807, 2.05) is 24.7 Å². The SMILES string of the molecule is CC(=O)N[C@@H]1CCOC2(CCN(c3nccn4cccc34)CC2)C1. The summed E-state index contributed by atoms with van der Waals surface area (Å²) < 4.78 is 8.28. The lowest BCUT2D eigenvalue weighted by Gasteiger charge is -2.46. The number of carbonyl (C=O) groups excluding carboxylic acids is 1. The molecule has 0 radical (unpaired) electrons. The second-order valence-corrected chi connectivity index (χ2v) is 6.96. The lowest BCUT2D eigenvalue weighted by atomic mass is 9.82. The van der Waals surface area contributed by atoms with Gasteiger partial charge in [0.25, 0.3) is 0 Å². The average Bonchev–Trinajstić information content (AvgIpc) is 3.04. The standard InChI is InChI=1S/C18H24N4O2/c1-14(23)20-15-4-12-24-18(13-15)5-9-22(10-6-18)17-16-3-2-8-21(16)11-7-19-17/h2-3,7-8,11,15H,4-6,9-10,12-13H2,1H3,(H,20,23)/t15-/m1/s1. The number of nitrogens with one attached hydrogen (secondary N) is 1. The summed E-state index contributed by atoms with van der Waals surface area (Å²) in [5, 5.41) is 3.07. The molecule has 4 rings (SSSR count). The van der Waals surface area contributed by atoms with Gasteiger partial charge in [0.2, 0.25) is 5.91 Å². The smallest absolute Gasteiger partial charge is 0.217 e. The van der Waals surface area contributed by atoms with Gasteiger partial charge in [0.15, 0.2) is 5.82 Å². The summed E-state index contributed by atoms with van der Waals surface area (Å²) in [5.41, 5.74) is 1.06. The zero-order chi connectivity index (χ0) is 16.6. The van der Waals surface area contributed by atoms with Gasteiger partial charge in [0, 0.05) is 51.3 Å². The van der Waals surface area contributed by atoms with Gasteiger partial charge in [0.05, 0.1) is 11.1 Å². The number of hydrogen-bond donors (Lipinski definition) is 1. The van der Waals surface area contributed by atoms with E-state index in [1.54, 1.807) is 6.92 Å². The maximum Gasteiger partial charge on any atom is 0.217 e. The van der Waals surface area contributed by atoms with Crippen molar-refractivity contribution in [3.05, 3.63) is 30.7 Å². The van der Waals surface area contributed by atoms with Gasteiger partial charge in [-0.2, -0.15) is 0 Å². The number of hydrogen-bond acceptors (Lipinski definition) is 4. The van der Waals surface area contributed by atoms with Crippen molar-refractivity contribution in [2.24, 2.45) is 0 Å². The van der Waals surface area contributed by atoms with Crippen LogP contribution in [-0.2, 0) is 9.53 Å². The Kier molecular flexibility index (Phi) is 3.92. The third-order valence-electron chi connectivity index (χ3n) is 5.31. The molecule has 6 nitrogen and oxygen atoms in total. The van der Waals surface area contributed by atoms with Crippen LogP contribution < -0.4 is 10.2 Å². The quantitative estimate of drug-likeness (QED) is 0.916. The number of rotatable bonds is 2. The second kappa shape index (κ2) is 6.09. The van der Waals surface area contributed by atoms with Gasteiger partial charge in [-0.25, -0.2) is 4.98 Å². The molecule has 2 fully saturated rings. The molecule has 2 saturated heterocycles. The summed E-state index contributed by atoms with van der Waals surface area (Å²) >= 11 is 0. The Bertz CT molecular complexity index is 733. The fourth-order valence-electron chi connectivity index (χ4n) is 4.11. The molecule has 0 unspecified atom stereocenters. The van der Waals surface area contributed by atoms with Crippen molar-refractivity contribution in [2.75, 3.05) is 24.6 Å². The highest BCUT2D eigenvalue weighted by Gasteiger charge is 2.40. The molecule has 4 heterocycles. The van der Waals surface area contributed by atoms with Gasteiger partial charge in [-0.05, 0) is 37.8 Å². The monoisotopic (exact) mass is 328 g/mol. The molecular weight excluding hydrogens is 304 g/mol. The molecular formula is C18H24N4O2. The number of fused-ring (bicyclic) bond motifs is 1. The van der Waals surface area contributed by atoms with Crippen LogP contribution in [0.1, 0.15) is 32.6 Å². The lowest BCUT2D eigenvalue weighted by molar-refractivity contribution is -0.125. The zero-order valence-electron chi connectivity index (χ0n) is 14.1. The minimum atomic E-state index is -0.0884. The molecule has 2 aliphatic heterocycles. The summed E-state index contributed by atoms with van der Waals surface area (Å²) in [4.78, 5) is 18.3. The predicted molar refractivity (Wildman–Crippen MR) is 92.2 cm³/mol. The van der Waals surface area contributed by atoms with Gasteiger partial charge >= 0.3 is 0 Å². The zero-order valence-corrected chi connectivity index (χ0v) is 14.1. The summed E-state index contributed by atoms with van der Waals surface area (Å²) in [5.74, 6) is 1.10. The molecule has 2 aromatic heterocycles. The van der Waals surface area contributed by atoms with Crippen LogP contribution in [0.3, 0.4) is 0 Å². The van der Waals surface area contributed by atoms with Crippen molar-refractivity contribution < 1.29 is 9.53 Å². The van der Waals surface area contributed by atoms with Crippen LogP contribution in [0, 0.1) is 0 Å². The van der Waals surface area contributed by atoms with E-state index in [1.165, 1.54) is 0 Å². The first-order chi connectivity index (χ1) is 11.7. The maximum absolute atomic E-state index is 11.3. The molecule has 1 spiro atoms. The van der Waals surface area contributed by atoms with Crippen molar-refractivity contribution >= 4 is 17.2 Å². The van der Waals surface area contributed by atoms with Crippen LogP contribution in [0.2, 0.25) is 0 Å². The van der Waals surface area contributed by atoms with E-state index in [4.69, 9.17) is 4.74 Å². The van der Waals surface area contributed by atoms with Crippen LogP contribution in [-0.4, -0.2) is 46.6 Å². The fraction of sp³-hybridized carbons (Fsp3) is 0.556. The highest BCUT2D eigenvalue weighted by atomic mass is 16.5. The van der Waals surface area contributed by atoms with Gasteiger partial charge in [-0.1, -0.05) is 0 Å². The van der Waals surface area contributed by atoms with Crippen molar-refractivity contribution in [1.82, 2.24) is 14.7 Å². The minimum absolute atomic E-state index is 0.0543. The molecule has 0 bridgehead atoms. The number of piperidine rings is 1. The molecule has 1 atom stereocenters. The first-order valence-electron chi connectivity index (χ1n) is 8.73. The average molecular weight is 328 g/mol. The number of aromatic nitrogens is 2. The number of anilines is 1. The van der Waals surface area contributed by atoms with E-state index >= 15 is 0 Å². The van der Waals surface area contributed by atoms with E-state index in [-0.39, 0.29) is 17.6 Å². The first kappa shape index (κ1) is 15.4. The molecule has 0 aromatic carbocycles. The van der Waals surface area contributed by atoms with Crippen LogP contribution in [0.5, 0.6) is 0 Å². The van der Waals surface area contributed by atoms with Crippen LogP contribution in [0.25, 0.3) is 5.52 Å². The fourth-order valence-corrected chi connectivity index (χ4v) is 4.11. The summed E-state index contributed by atoms with van der Waals surface area (Å²) in [6, 6.07) is 4.40. The van der Waals surface area contributed by atoms with E-state index in [0.29, 0.717) is 0 Å². The van der Waals surface area contributed by atoms with Crippen molar-refractivity contribution in [2.45, 2.75) is 44.2 Å². The van der Waals surface area contributed by atoms with Gasteiger partial charge < -0.3 is 19.4 Å². The Hall–Kier alpha value is -2.08. The van der Waals surface area contributed by atoms with Crippen LogP contribution in [0.15, 0.2) is 30.7 Å². The Balaban J connectivity index is 1.46. The highest BCUT2D eigenvalue weighted by Crippen LogP contribution is 2.36. The Morgan fingerprint density at radius 1 is 1.38 bits per heavy atom. The van der Waals surface area contributed by atoms with E-state index in [9.17, 15) is 4.79 Å². The molecule has 128 valence electrons. The highest BCUT2D eigenvalue weighted by molar-refractivity contribution is 5.73. The van der Waals surface area contributed by atoms with E-state index in [2.05, 4.69) is 25.7 Å². The van der Waals surface area contributed by atoms with Crippen molar-refractivity contribution in [1.29, 1.82) is 0 Å². The maximum atomic E-state index is 11.3. The number of carbonyl (C=O) groups is 1. The summed E-state index contributed by atoms with van der Waals surface area (Å²) in [7, 11) is 0. The lowest BCUT2D eigenvalue weighted by Crippen LogP contribution is -2.53. The van der Waals surface area contributed by atoms with E-state index < -0.39 is 0 Å². The Morgan fingerprint density at radius 3 is 3.00 bits per heavy atom. The van der Waals surface area contributed by atoms with Crippen molar-refractivity contribution in [3.63, 3.8) is 0 Å². The van der Waals surface area contributed by atoms with Gasteiger partial charge in [-0.3, -0.25) is 4.79 Å². The topological polar surface area (TPSA) is 58.9 Å². The van der Waals surface area contributed by atoms with E-state index in [0.717, 1.165) is 56.7 Å². The Labute approximate surface area is 141 Å². The van der Waals surface area contributed by atoms with Crippen molar-refractivity contribution in [3.8, 4) is 0 Å². The number of ether oxygens (including phenoxy) is 1. The summed E-state index contributed by atoms with van der Waals surface area (Å²) in [6.07, 6.45) is 9.68. The largest absolute Gasteiger partial charge is 0.375 e. The molecule has 6 heteroatoms. The van der Waals surface area contributed by atoms with Gasteiger partial charge in [0.1, 0.15) is 0 Å². The predicted octanol–water partition coefficient (Wildman–Crippen LogP) is 1.99. The molecule has 24 heavy (non-hydrogen) atoms. The molecule has 1 N–H and O–H groups in total. The molecule has 2 aliphatic rings. The number of amides is 1. The minimum Gasteiger partial charge on any atom is -0.375 e.